The summed E-state index contributed by atoms with van der Waals surface area (Å²) >= 11 is 0. The zero-order valence-electron chi connectivity index (χ0n) is 11.1. The van der Waals surface area contributed by atoms with E-state index >= 15 is 0 Å². The van der Waals surface area contributed by atoms with Gasteiger partial charge in [0.2, 0.25) is 0 Å². The van der Waals surface area contributed by atoms with Gasteiger partial charge >= 0.3 is 0 Å². The van der Waals surface area contributed by atoms with E-state index in [-0.39, 0.29) is 5.91 Å². The highest BCUT2D eigenvalue weighted by atomic mass is 16.8. The van der Waals surface area contributed by atoms with E-state index in [1.807, 2.05) is 0 Å². The molecule has 0 aliphatic carbocycles. The van der Waals surface area contributed by atoms with Crippen molar-refractivity contribution >= 4 is 5.91 Å². The number of carbonyl (C=O) groups excluding carboxylic acids is 1. The Hall–Kier alpha value is -0.730. The van der Waals surface area contributed by atoms with E-state index in [0.29, 0.717) is 26.3 Å². The summed E-state index contributed by atoms with van der Waals surface area (Å²) in [4.78, 5) is 13.9. The molecule has 3 saturated heterocycles. The van der Waals surface area contributed by atoms with E-state index in [4.69, 9.17) is 18.9 Å². The fourth-order valence-corrected chi connectivity index (χ4v) is 2.66. The highest BCUT2D eigenvalue weighted by molar-refractivity contribution is 5.82. The number of aliphatic hydroxyl groups excluding tert-OH is 1. The highest BCUT2D eigenvalue weighted by Crippen LogP contribution is 2.37. The minimum atomic E-state index is -0.998. The maximum Gasteiger partial charge on any atom is 0.254 e. The number of fused-ring (bicyclic) bond motifs is 1. The molecule has 0 aromatic carbocycles. The molecule has 4 atom stereocenters. The molecule has 0 radical (unpaired) electrons. The van der Waals surface area contributed by atoms with Crippen molar-refractivity contribution in [2.75, 3.05) is 26.3 Å². The van der Waals surface area contributed by atoms with Gasteiger partial charge in [-0.2, -0.15) is 0 Å². The molecule has 7 heteroatoms. The summed E-state index contributed by atoms with van der Waals surface area (Å²) in [6.07, 6.45) is -3.20. The fourth-order valence-electron chi connectivity index (χ4n) is 2.66. The van der Waals surface area contributed by atoms with Crippen LogP contribution in [0.25, 0.3) is 0 Å². The van der Waals surface area contributed by atoms with Crippen molar-refractivity contribution in [3.63, 3.8) is 0 Å². The summed E-state index contributed by atoms with van der Waals surface area (Å²) in [6, 6.07) is 0. The van der Waals surface area contributed by atoms with Crippen molar-refractivity contribution in [1.29, 1.82) is 0 Å². The Balaban J connectivity index is 1.66. The number of nitrogens with zero attached hydrogens (tertiary/aromatic N) is 1. The first-order valence-corrected chi connectivity index (χ1v) is 6.54. The summed E-state index contributed by atoms with van der Waals surface area (Å²) in [5.74, 6) is -1.02. The Morgan fingerprint density at radius 3 is 2.58 bits per heavy atom. The molecule has 0 bridgehead atoms. The van der Waals surface area contributed by atoms with E-state index < -0.39 is 30.4 Å². The highest BCUT2D eigenvalue weighted by Gasteiger charge is 2.56. The third-order valence-corrected chi connectivity index (χ3v) is 3.58. The molecule has 3 aliphatic heterocycles. The lowest BCUT2D eigenvalue weighted by Gasteiger charge is -2.30. The third kappa shape index (κ3) is 2.36. The first-order chi connectivity index (χ1) is 8.98. The van der Waals surface area contributed by atoms with Crippen molar-refractivity contribution in [3.8, 4) is 0 Å². The Kier molecular flexibility index (Phi) is 3.26. The van der Waals surface area contributed by atoms with Crippen LogP contribution in [-0.4, -0.2) is 72.6 Å². The molecular weight excluding hydrogens is 254 g/mol. The molecule has 3 fully saturated rings. The van der Waals surface area contributed by atoms with Gasteiger partial charge in [0.05, 0.1) is 13.2 Å². The average Bonchev–Trinajstić information content (AvgIpc) is 2.84. The van der Waals surface area contributed by atoms with Crippen molar-refractivity contribution in [1.82, 2.24) is 4.90 Å². The molecule has 108 valence electrons. The molecule has 0 spiro atoms. The predicted molar refractivity (Wildman–Crippen MR) is 62.1 cm³/mol. The van der Waals surface area contributed by atoms with Gasteiger partial charge in [-0.15, -0.1) is 0 Å². The second kappa shape index (κ2) is 4.68. The van der Waals surface area contributed by atoms with Gasteiger partial charge in [-0.3, -0.25) is 4.79 Å². The first-order valence-electron chi connectivity index (χ1n) is 6.54. The molecule has 3 rings (SSSR count). The zero-order chi connectivity index (χ0) is 13.6. The van der Waals surface area contributed by atoms with Crippen LogP contribution in [0.5, 0.6) is 0 Å². The van der Waals surface area contributed by atoms with Crippen molar-refractivity contribution in [3.05, 3.63) is 0 Å². The third-order valence-electron chi connectivity index (χ3n) is 3.58. The van der Waals surface area contributed by atoms with Crippen LogP contribution in [0.15, 0.2) is 0 Å². The molecule has 1 N–H and O–H groups in total. The van der Waals surface area contributed by atoms with Gasteiger partial charge < -0.3 is 29.0 Å². The van der Waals surface area contributed by atoms with E-state index in [0.717, 1.165) is 0 Å². The number of carbonyl (C=O) groups is 1. The average molecular weight is 273 g/mol. The lowest BCUT2D eigenvalue weighted by molar-refractivity contribution is -0.217. The molecule has 0 saturated carbocycles. The predicted octanol–water partition coefficient (Wildman–Crippen LogP) is -0.917. The molecule has 0 unspecified atom stereocenters. The Bertz CT molecular complexity index is 367. The van der Waals surface area contributed by atoms with Gasteiger partial charge in [0, 0.05) is 13.1 Å². The number of aliphatic hydroxyl groups is 1. The summed E-state index contributed by atoms with van der Waals surface area (Å²) in [5.41, 5.74) is 0. The lowest BCUT2D eigenvalue weighted by Crippen LogP contribution is -2.50. The minimum Gasteiger partial charge on any atom is -0.387 e. The number of morpholine rings is 1. The summed E-state index contributed by atoms with van der Waals surface area (Å²) < 4.78 is 21.8. The van der Waals surface area contributed by atoms with Gasteiger partial charge in [0.1, 0.15) is 12.2 Å². The zero-order valence-corrected chi connectivity index (χ0v) is 11.1. The number of rotatable bonds is 1. The van der Waals surface area contributed by atoms with Crippen LogP contribution >= 0.6 is 0 Å². The maximum atomic E-state index is 12.3. The molecular formula is C12H19NO6. The SMILES string of the molecule is CC1(C)O[C@H]2O[C@@H](C(=O)N3CCOCC3)[C@@H](O)[C@H]2O1. The quantitative estimate of drug-likeness (QED) is 0.666. The Morgan fingerprint density at radius 2 is 1.95 bits per heavy atom. The number of amides is 1. The summed E-state index contributed by atoms with van der Waals surface area (Å²) in [5, 5.41) is 10.2. The standard InChI is InChI=1S/C12H19NO6/c1-12(2)18-9-7(14)8(17-11(9)19-12)10(15)13-3-5-16-6-4-13/h7-9,11,14H,3-6H2,1-2H3/t7-,8-,9-,11-/m1/s1. The second-order valence-electron chi connectivity index (χ2n) is 5.45. The number of ether oxygens (including phenoxy) is 4. The summed E-state index contributed by atoms with van der Waals surface area (Å²) in [7, 11) is 0. The minimum absolute atomic E-state index is 0.227. The normalized spacial score (nSPS) is 41.3. The van der Waals surface area contributed by atoms with Gasteiger partial charge in [0.15, 0.2) is 18.2 Å². The summed E-state index contributed by atoms with van der Waals surface area (Å²) in [6.45, 7) is 5.57. The molecule has 7 nitrogen and oxygen atoms in total. The van der Waals surface area contributed by atoms with Gasteiger partial charge in [-0.05, 0) is 13.8 Å². The van der Waals surface area contributed by atoms with Crippen LogP contribution in [0, 0.1) is 0 Å². The van der Waals surface area contributed by atoms with Crippen molar-refractivity contribution < 1.29 is 28.8 Å². The largest absolute Gasteiger partial charge is 0.387 e. The fraction of sp³-hybridized carbons (Fsp3) is 0.917. The molecule has 19 heavy (non-hydrogen) atoms. The van der Waals surface area contributed by atoms with Crippen LogP contribution in [0.2, 0.25) is 0 Å². The van der Waals surface area contributed by atoms with Gasteiger partial charge in [0.25, 0.3) is 5.91 Å². The smallest absolute Gasteiger partial charge is 0.254 e. The molecule has 3 aliphatic rings. The van der Waals surface area contributed by atoms with Crippen molar-refractivity contribution in [2.24, 2.45) is 0 Å². The molecule has 0 aromatic heterocycles. The second-order valence-corrected chi connectivity index (χ2v) is 5.45. The maximum absolute atomic E-state index is 12.3. The number of hydrogen-bond donors (Lipinski definition) is 1. The van der Waals surface area contributed by atoms with E-state index in [2.05, 4.69) is 0 Å². The van der Waals surface area contributed by atoms with E-state index in [1.54, 1.807) is 18.7 Å². The van der Waals surface area contributed by atoms with Crippen LogP contribution < -0.4 is 0 Å². The van der Waals surface area contributed by atoms with Crippen LogP contribution in [-0.2, 0) is 23.7 Å². The topological polar surface area (TPSA) is 77.5 Å². The van der Waals surface area contributed by atoms with Gasteiger partial charge in [-0.1, -0.05) is 0 Å². The Labute approximate surface area is 111 Å². The first kappa shape index (κ1) is 13.3. The molecule has 1 amide bonds. The molecule has 0 aromatic rings. The van der Waals surface area contributed by atoms with Crippen LogP contribution in [0.1, 0.15) is 13.8 Å². The molecule has 3 heterocycles. The monoisotopic (exact) mass is 273 g/mol. The van der Waals surface area contributed by atoms with E-state index in [1.165, 1.54) is 0 Å². The van der Waals surface area contributed by atoms with Crippen LogP contribution in [0.4, 0.5) is 0 Å². The lowest BCUT2D eigenvalue weighted by atomic mass is 10.1. The van der Waals surface area contributed by atoms with E-state index in [9.17, 15) is 9.90 Å². The van der Waals surface area contributed by atoms with Gasteiger partial charge in [-0.25, -0.2) is 0 Å². The Morgan fingerprint density at radius 1 is 1.26 bits per heavy atom. The van der Waals surface area contributed by atoms with Crippen molar-refractivity contribution in [2.45, 2.75) is 44.2 Å². The van der Waals surface area contributed by atoms with Crippen LogP contribution in [0.3, 0.4) is 0 Å². The number of hydrogen-bond acceptors (Lipinski definition) is 6.